The monoisotopic (exact) mass is 400 g/mol. The van der Waals surface area contributed by atoms with Gasteiger partial charge in [-0.2, -0.15) is 0 Å². The second kappa shape index (κ2) is 7.94. The summed E-state index contributed by atoms with van der Waals surface area (Å²) in [6, 6.07) is 8.65. The molecule has 2 aromatic rings. The first-order valence-electron chi connectivity index (χ1n) is 5.99. The standard InChI is InChI=1S/C6H6BrN.C6H3N3O7/c7-5-2-1-3-6(8)4-5;10-6-4(8(13)14)1-3(7(11)12)2-5(6)9(15)16/h1-4H,8H2;1-2,10H. The maximum atomic E-state index is 11.1. The molecular formula is C12H9BrN4O7. The van der Waals surface area contributed by atoms with E-state index in [0.717, 1.165) is 10.2 Å². The van der Waals surface area contributed by atoms with Crippen LogP contribution >= 0.6 is 15.9 Å². The molecule has 126 valence electrons. The Morgan fingerprint density at radius 3 is 1.67 bits per heavy atom. The van der Waals surface area contributed by atoms with Gasteiger partial charge in [-0.25, -0.2) is 0 Å². The van der Waals surface area contributed by atoms with Crippen LogP contribution in [-0.4, -0.2) is 14.8 Å². The topological polar surface area (TPSA) is 180 Å². The molecule has 0 atom stereocenters. The number of nitro groups is 3. The van der Waals surface area contributed by atoms with E-state index >= 15 is 0 Å². The number of hydrogen-bond acceptors (Lipinski definition) is 7. The number of hydrogen-bond donors (Lipinski definition) is 1. The van der Waals surface area contributed by atoms with Gasteiger partial charge in [-0.3, -0.25) is 30.3 Å². The summed E-state index contributed by atoms with van der Waals surface area (Å²) in [6.07, 6.45) is 0. The summed E-state index contributed by atoms with van der Waals surface area (Å²) in [6.45, 7) is 0. The van der Waals surface area contributed by atoms with Gasteiger partial charge in [-0.05, 0) is 12.1 Å². The maximum absolute atomic E-state index is 11.1. The molecule has 0 unspecified atom stereocenters. The van der Waals surface area contributed by atoms with Crippen LogP contribution in [0.5, 0.6) is 5.75 Å². The molecule has 0 radical (unpaired) electrons. The SMILES string of the molecule is O=[N+]([O-])c1cc([N+](=O)[O-])c([O-])c([N+](=O)[O-])c1.[NH3+]c1cccc(Br)c1. The van der Waals surface area contributed by atoms with Crippen molar-refractivity contribution in [3.8, 4) is 5.75 Å². The van der Waals surface area contributed by atoms with Gasteiger partial charge >= 0.3 is 0 Å². The van der Waals surface area contributed by atoms with Crippen LogP contribution < -0.4 is 10.8 Å². The van der Waals surface area contributed by atoms with E-state index in [0.29, 0.717) is 12.1 Å². The lowest BCUT2D eigenvalue weighted by Crippen LogP contribution is -2.39. The van der Waals surface area contributed by atoms with Crippen LogP contribution in [-0.2, 0) is 0 Å². The van der Waals surface area contributed by atoms with Crippen molar-refractivity contribution in [1.82, 2.24) is 0 Å². The first-order chi connectivity index (χ1) is 11.1. The van der Waals surface area contributed by atoms with Crippen LogP contribution in [0.15, 0.2) is 40.9 Å². The Bertz CT molecular complexity index is 759. The highest BCUT2D eigenvalue weighted by Crippen LogP contribution is 2.36. The molecule has 0 amide bonds. The molecule has 0 aliphatic heterocycles. The Balaban J connectivity index is 0.000000300. The fraction of sp³-hybridized carbons (Fsp3) is 0. The zero-order chi connectivity index (χ0) is 18.4. The Morgan fingerprint density at radius 1 is 0.875 bits per heavy atom. The summed E-state index contributed by atoms with van der Waals surface area (Å²) in [7, 11) is 0. The molecule has 0 aliphatic rings. The lowest BCUT2D eigenvalue weighted by molar-refractivity contribution is -0.420. The average Bonchev–Trinajstić information content (AvgIpc) is 2.46. The van der Waals surface area contributed by atoms with E-state index in [2.05, 4.69) is 21.7 Å². The van der Waals surface area contributed by atoms with Crippen LogP contribution in [0, 0.1) is 30.3 Å². The van der Waals surface area contributed by atoms with Crippen molar-refractivity contribution in [2.24, 2.45) is 0 Å². The smallest absolute Gasteiger partial charge is 0.283 e. The Kier molecular flexibility index (Phi) is 6.26. The number of halogens is 1. The predicted molar refractivity (Wildman–Crippen MR) is 82.5 cm³/mol. The van der Waals surface area contributed by atoms with E-state index < -0.39 is 37.6 Å². The molecule has 2 aromatic carbocycles. The van der Waals surface area contributed by atoms with Crippen molar-refractivity contribution in [3.63, 3.8) is 0 Å². The van der Waals surface area contributed by atoms with Gasteiger partial charge in [-0.15, -0.1) is 0 Å². The minimum atomic E-state index is -1.46. The van der Waals surface area contributed by atoms with Crippen molar-refractivity contribution in [2.45, 2.75) is 0 Å². The molecule has 12 heteroatoms. The molecular weight excluding hydrogens is 392 g/mol. The second-order valence-corrected chi connectivity index (χ2v) is 5.13. The molecule has 0 fully saturated rings. The van der Waals surface area contributed by atoms with Crippen molar-refractivity contribution in [2.75, 3.05) is 0 Å². The van der Waals surface area contributed by atoms with E-state index in [1.54, 1.807) is 0 Å². The molecule has 24 heavy (non-hydrogen) atoms. The third-order valence-electron chi connectivity index (χ3n) is 2.53. The molecule has 0 saturated heterocycles. The van der Waals surface area contributed by atoms with Crippen LogP contribution in [0.2, 0.25) is 0 Å². The van der Waals surface area contributed by atoms with Crippen molar-refractivity contribution in [1.29, 1.82) is 0 Å². The Hall–Kier alpha value is -3.12. The highest BCUT2D eigenvalue weighted by atomic mass is 79.9. The lowest BCUT2D eigenvalue weighted by Gasteiger charge is -2.06. The van der Waals surface area contributed by atoms with Gasteiger partial charge in [0.25, 0.3) is 17.1 Å². The summed E-state index contributed by atoms with van der Waals surface area (Å²) in [5.74, 6) is -1.46. The van der Waals surface area contributed by atoms with Gasteiger partial charge in [-0.1, -0.05) is 22.0 Å². The number of nitrogens with zero attached hydrogens (tertiary/aromatic N) is 3. The fourth-order valence-corrected chi connectivity index (χ4v) is 1.94. The zero-order valence-corrected chi connectivity index (χ0v) is 13.3. The first-order valence-corrected chi connectivity index (χ1v) is 6.78. The summed E-state index contributed by atoms with van der Waals surface area (Å²) < 4.78 is 1.09. The number of quaternary nitrogens is 1. The van der Waals surface area contributed by atoms with E-state index in [1.165, 1.54) is 0 Å². The van der Waals surface area contributed by atoms with Crippen molar-refractivity contribution in [3.05, 3.63) is 71.2 Å². The summed E-state index contributed by atoms with van der Waals surface area (Å²) in [4.78, 5) is 27.5. The van der Waals surface area contributed by atoms with Crippen molar-refractivity contribution >= 4 is 38.7 Å². The highest BCUT2D eigenvalue weighted by Gasteiger charge is 2.24. The minimum Gasteiger partial charge on any atom is -0.863 e. The lowest BCUT2D eigenvalue weighted by atomic mass is 10.2. The van der Waals surface area contributed by atoms with Gasteiger partial charge in [0.15, 0.2) is 0 Å². The average molecular weight is 401 g/mol. The fourth-order valence-electron chi connectivity index (χ4n) is 1.50. The number of nitro benzene ring substituents is 3. The molecule has 11 nitrogen and oxygen atoms in total. The molecule has 0 saturated carbocycles. The van der Waals surface area contributed by atoms with Gasteiger partial charge in [0, 0.05) is 10.5 Å². The van der Waals surface area contributed by atoms with Crippen molar-refractivity contribution < 1.29 is 25.6 Å². The van der Waals surface area contributed by atoms with Gasteiger partial charge < -0.3 is 10.8 Å². The summed E-state index contributed by atoms with van der Waals surface area (Å²) in [5.41, 5.74) is 1.53. The Morgan fingerprint density at radius 2 is 1.38 bits per heavy atom. The normalized spacial score (nSPS) is 9.58. The van der Waals surface area contributed by atoms with Crippen LogP contribution in [0.3, 0.4) is 0 Å². The van der Waals surface area contributed by atoms with E-state index in [4.69, 9.17) is 0 Å². The van der Waals surface area contributed by atoms with Crippen LogP contribution in [0.1, 0.15) is 0 Å². The predicted octanol–water partition coefficient (Wildman–Crippen LogP) is 1.81. The third kappa shape index (κ3) is 4.96. The quantitative estimate of drug-likeness (QED) is 0.601. The van der Waals surface area contributed by atoms with Crippen LogP contribution in [0.4, 0.5) is 22.7 Å². The molecule has 0 bridgehead atoms. The summed E-state index contributed by atoms with van der Waals surface area (Å²) >= 11 is 3.32. The number of rotatable bonds is 3. The molecule has 0 heterocycles. The maximum Gasteiger partial charge on any atom is 0.283 e. The Labute approximate surface area is 141 Å². The number of non-ortho nitro benzene ring substituents is 1. The molecule has 2 rings (SSSR count). The van der Waals surface area contributed by atoms with Gasteiger partial charge in [0.05, 0.1) is 32.7 Å². The van der Waals surface area contributed by atoms with Gasteiger partial charge in [0.2, 0.25) is 0 Å². The minimum absolute atomic E-state index is 0.384. The van der Waals surface area contributed by atoms with E-state index in [-0.39, 0.29) is 0 Å². The molecule has 3 N–H and O–H groups in total. The van der Waals surface area contributed by atoms with E-state index in [9.17, 15) is 35.4 Å². The summed E-state index contributed by atoms with van der Waals surface area (Å²) in [5, 5.41) is 42.1. The first kappa shape index (κ1) is 18.9. The van der Waals surface area contributed by atoms with Crippen LogP contribution in [0.25, 0.3) is 0 Å². The highest BCUT2D eigenvalue weighted by molar-refractivity contribution is 9.10. The molecule has 0 aliphatic carbocycles. The third-order valence-corrected chi connectivity index (χ3v) is 3.02. The van der Waals surface area contributed by atoms with Gasteiger partial charge in [0.1, 0.15) is 5.69 Å². The largest absolute Gasteiger partial charge is 0.863 e. The molecule has 0 aromatic heterocycles. The zero-order valence-electron chi connectivity index (χ0n) is 11.7. The second-order valence-electron chi connectivity index (χ2n) is 4.21. The number of benzene rings is 2. The van der Waals surface area contributed by atoms with E-state index in [1.807, 2.05) is 24.3 Å². The molecule has 0 spiro atoms.